The average molecular weight is 387 g/mol. The number of hydrogen-bond acceptors (Lipinski definition) is 5. The highest BCUT2D eigenvalue weighted by Gasteiger charge is 2.31. The van der Waals surface area contributed by atoms with Gasteiger partial charge in [-0.2, -0.15) is 23.3 Å². The van der Waals surface area contributed by atoms with Gasteiger partial charge in [-0.05, 0) is 18.2 Å². The highest BCUT2D eigenvalue weighted by atomic mass is 35.5. The number of aromatic amines is 1. The minimum Gasteiger partial charge on any atom is -0.364 e. The summed E-state index contributed by atoms with van der Waals surface area (Å²) in [5.41, 5.74) is -0.507. The van der Waals surface area contributed by atoms with Gasteiger partial charge in [-0.3, -0.25) is 5.10 Å². The Kier molecular flexibility index (Phi) is 4.94. The van der Waals surface area contributed by atoms with Crippen LogP contribution in [-0.4, -0.2) is 20.2 Å². The van der Waals surface area contributed by atoms with Crippen LogP contribution in [0.25, 0.3) is 0 Å². The van der Waals surface area contributed by atoms with Gasteiger partial charge < -0.3 is 10.6 Å². The first-order valence-corrected chi connectivity index (χ1v) is 7.58. The van der Waals surface area contributed by atoms with Crippen LogP contribution in [0.2, 0.25) is 5.02 Å². The van der Waals surface area contributed by atoms with Gasteiger partial charge in [0, 0.05) is 18.3 Å². The number of halogens is 5. The van der Waals surface area contributed by atoms with Crippen LogP contribution >= 0.6 is 11.6 Å². The largest absolute Gasteiger partial charge is 0.416 e. The van der Waals surface area contributed by atoms with E-state index in [4.69, 9.17) is 11.6 Å². The van der Waals surface area contributed by atoms with Crippen molar-refractivity contribution in [1.29, 1.82) is 0 Å². The quantitative estimate of drug-likeness (QED) is 0.568. The predicted octanol–water partition coefficient (Wildman–Crippen LogP) is 4.37. The molecule has 0 aliphatic rings. The van der Waals surface area contributed by atoms with E-state index in [-0.39, 0.29) is 28.9 Å². The standard InChI is InChI=1S/C15H11ClF4N6/c16-11-7-22-14(25-10-5-23-24-6-10)26-13(11)21-4-8-3-9(15(18,19)20)1-2-12(8)17/h1-3,5-7H,4H2,(H,23,24)(H2,21,22,25,26). The summed E-state index contributed by atoms with van der Waals surface area (Å²) < 4.78 is 52.1. The number of nitrogens with one attached hydrogen (secondary N) is 3. The molecule has 6 nitrogen and oxygen atoms in total. The van der Waals surface area contributed by atoms with E-state index in [0.717, 1.165) is 12.1 Å². The van der Waals surface area contributed by atoms with Crippen molar-refractivity contribution < 1.29 is 17.6 Å². The molecule has 3 rings (SSSR count). The molecule has 0 aliphatic carbocycles. The van der Waals surface area contributed by atoms with Gasteiger partial charge in [-0.25, -0.2) is 9.37 Å². The van der Waals surface area contributed by atoms with E-state index in [1.165, 1.54) is 12.4 Å². The van der Waals surface area contributed by atoms with E-state index in [1.807, 2.05) is 0 Å². The first-order chi connectivity index (χ1) is 12.3. The number of benzene rings is 1. The molecule has 0 amide bonds. The normalized spacial score (nSPS) is 11.4. The summed E-state index contributed by atoms with van der Waals surface area (Å²) in [6.45, 7) is -0.238. The highest BCUT2D eigenvalue weighted by Crippen LogP contribution is 2.30. The van der Waals surface area contributed by atoms with Crippen LogP contribution < -0.4 is 10.6 Å². The van der Waals surface area contributed by atoms with E-state index >= 15 is 0 Å². The summed E-state index contributed by atoms with van der Waals surface area (Å²) in [6, 6.07) is 2.19. The molecule has 136 valence electrons. The van der Waals surface area contributed by atoms with Crippen molar-refractivity contribution in [2.24, 2.45) is 0 Å². The Labute approximate surface area is 149 Å². The van der Waals surface area contributed by atoms with Crippen molar-refractivity contribution in [2.45, 2.75) is 12.7 Å². The summed E-state index contributed by atoms with van der Waals surface area (Å²) in [6.07, 6.45) is -0.176. The molecule has 0 fully saturated rings. The molecule has 0 radical (unpaired) electrons. The fraction of sp³-hybridized carbons (Fsp3) is 0.133. The molecule has 0 bridgehead atoms. The Morgan fingerprint density at radius 3 is 2.69 bits per heavy atom. The molecule has 2 heterocycles. The Hall–Kier alpha value is -2.88. The van der Waals surface area contributed by atoms with Crippen LogP contribution in [0, 0.1) is 5.82 Å². The predicted molar refractivity (Wildman–Crippen MR) is 87.6 cm³/mol. The van der Waals surface area contributed by atoms with E-state index in [2.05, 4.69) is 30.8 Å². The molecule has 0 unspecified atom stereocenters. The van der Waals surface area contributed by atoms with Crippen molar-refractivity contribution in [3.05, 3.63) is 58.8 Å². The van der Waals surface area contributed by atoms with Gasteiger partial charge in [-0.1, -0.05) is 11.6 Å². The van der Waals surface area contributed by atoms with Gasteiger partial charge in [0.15, 0.2) is 5.82 Å². The van der Waals surface area contributed by atoms with Crippen molar-refractivity contribution in [2.75, 3.05) is 10.6 Å². The van der Waals surface area contributed by atoms with Crippen molar-refractivity contribution in [3.8, 4) is 0 Å². The molecule has 0 atom stereocenters. The van der Waals surface area contributed by atoms with Crippen molar-refractivity contribution >= 4 is 29.1 Å². The molecule has 3 aromatic rings. The number of hydrogen-bond donors (Lipinski definition) is 3. The van der Waals surface area contributed by atoms with E-state index in [1.54, 1.807) is 6.20 Å². The zero-order valence-electron chi connectivity index (χ0n) is 12.9. The Balaban J connectivity index is 1.77. The molecule has 0 aliphatic heterocycles. The molecule has 3 N–H and O–H groups in total. The summed E-state index contributed by atoms with van der Waals surface area (Å²) >= 11 is 5.98. The molecule has 0 spiro atoms. The lowest BCUT2D eigenvalue weighted by Crippen LogP contribution is -2.10. The van der Waals surface area contributed by atoms with Gasteiger partial charge >= 0.3 is 6.18 Å². The third-order valence-corrected chi connectivity index (χ3v) is 3.59. The molecule has 11 heteroatoms. The molecule has 1 aromatic carbocycles. The van der Waals surface area contributed by atoms with Gasteiger partial charge in [0.2, 0.25) is 5.95 Å². The van der Waals surface area contributed by atoms with Crippen LogP contribution in [0.3, 0.4) is 0 Å². The number of rotatable bonds is 5. The Morgan fingerprint density at radius 1 is 1.19 bits per heavy atom. The second-order valence-corrected chi connectivity index (χ2v) is 5.57. The zero-order chi connectivity index (χ0) is 18.7. The first kappa shape index (κ1) is 17.9. The van der Waals surface area contributed by atoms with Crippen LogP contribution in [0.1, 0.15) is 11.1 Å². The van der Waals surface area contributed by atoms with Gasteiger partial charge in [-0.15, -0.1) is 0 Å². The Morgan fingerprint density at radius 2 is 2.00 bits per heavy atom. The minimum atomic E-state index is -4.56. The minimum absolute atomic E-state index is 0.134. The topological polar surface area (TPSA) is 78.5 Å². The van der Waals surface area contributed by atoms with Crippen LogP contribution in [-0.2, 0) is 12.7 Å². The van der Waals surface area contributed by atoms with Crippen LogP contribution in [0.4, 0.5) is 35.0 Å². The third kappa shape index (κ3) is 4.20. The summed E-state index contributed by atoms with van der Waals surface area (Å²) in [5, 5.41) is 12.1. The van der Waals surface area contributed by atoms with Gasteiger partial charge in [0.05, 0.1) is 23.6 Å². The second kappa shape index (κ2) is 7.16. The zero-order valence-corrected chi connectivity index (χ0v) is 13.7. The SMILES string of the molecule is Fc1ccc(C(F)(F)F)cc1CNc1nc(Nc2cn[nH]c2)ncc1Cl. The number of H-pyrrole nitrogens is 1. The van der Waals surface area contributed by atoms with E-state index < -0.39 is 17.6 Å². The summed E-state index contributed by atoms with van der Waals surface area (Å²) in [4.78, 5) is 8.09. The maximum Gasteiger partial charge on any atom is 0.416 e. The summed E-state index contributed by atoms with van der Waals surface area (Å²) in [7, 11) is 0. The van der Waals surface area contributed by atoms with Crippen molar-refractivity contribution in [3.63, 3.8) is 0 Å². The van der Waals surface area contributed by atoms with E-state index in [9.17, 15) is 17.6 Å². The molecule has 0 saturated heterocycles. The van der Waals surface area contributed by atoms with Gasteiger partial charge in [0.25, 0.3) is 0 Å². The van der Waals surface area contributed by atoms with E-state index in [0.29, 0.717) is 11.8 Å². The molecule has 26 heavy (non-hydrogen) atoms. The van der Waals surface area contributed by atoms with Crippen LogP contribution in [0.5, 0.6) is 0 Å². The molecule has 2 aromatic heterocycles. The number of alkyl halides is 3. The number of anilines is 3. The Bertz CT molecular complexity index is 898. The third-order valence-electron chi connectivity index (χ3n) is 3.32. The number of aromatic nitrogens is 4. The monoisotopic (exact) mass is 386 g/mol. The maximum absolute atomic E-state index is 13.8. The average Bonchev–Trinajstić information content (AvgIpc) is 3.08. The lowest BCUT2D eigenvalue weighted by molar-refractivity contribution is -0.137. The smallest absolute Gasteiger partial charge is 0.364 e. The van der Waals surface area contributed by atoms with Crippen LogP contribution in [0.15, 0.2) is 36.8 Å². The fourth-order valence-electron chi connectivity index (χ4n) is 2.07. The lowest BCUT2D eigenvalue weighted by atomic mass is 10.1. The first-order valence-electron chi connectivity index (χ1n) is 7.21. The second-order valence-electron chi connectivity index (χ2n) is 5.16. The summed E-state index contributed by atoms with van der Waals surface area (Å²) in [5.74, 6) is -0.445. The fourth-order valence-corrected chi connectivity index (χ4v) is 2.22. The van der Waals surface area contributed by atoms with Gasteiger partial charge in [0.1, 0.15) is 10.8 Å². The highest BCUT2D eigenvalue weighted by molar-refractivity contribution is 6.32. The lowest BCUT2D eigenvalue weighted by Gasteiger charge is -2.12. The molecular formula is C15H11ClF4N6. The molecule has 0 saturated carbocycles. The van der Waals surface area contributed by atoms with Crippen molar-refractivity contribution in [1.82, 2.24) is 20.2 Å². The molecular weight excluding hydrogens is 376 g/mol. The number of nitrogens with zero attached hydrogens (tertiary/aromatic N) is 3. The maximum atomic E-state index is 13.8.